The zero-order chi connectivity index (χ0) is 17.2. The molecule has 3 atom stereocenters. The third-order valence-corrected chi connectivity index (χ3v) is 4.75. The maximum absolute atomic E-state index is 12.3. The summed E-state index contributed by atoms with van der Waals surface area (Å²) in [6, 6.07) is 5.89. The fourth-order valence-corrected chi connectivity index (χ4v) is 3.42. The van der Waals surface area contributed by atoms with Crippen LogP contribution in [0.2, 0.25) is 0 Å². The Labute approximate surface area is 140 Å². The van der Waals surface area contributed by atoms with Gasteiger partial charge in [-0.15, -0.1) is 0 Å². The van der Waals surface area contributed by atoms with Gasteiger partial charge in [0.1, 0.15) is 5.75 Å². The number of ether oxygens (including phenoxy) is 1. The SMILES string of the molecule is NC(Cc1ccc(O)cc1)C(=O)NCC12NC(=O)CC1CCCO2. The molecule has 2 aliphatic heterocycles. The molecule has 3 unspecified atom stereocenters. The molecule has 0 bridgehead atoms. The number of carbonyl (C=O) groups excluding carboxylic acids is 2. The van der Waals surface area contributed by atoms with Gasteiger partial charge >= 0.3 is 0 Å². The van der Waals surface area contributed by atoms with Crippen LogP contribution in [0, 0.1) is 5.92 Å². The summed E-state index contributed by atoms with van der Waals surface area (Å²) in [7, 11) is 0. The Morgan fingerprint density at radius 3 is 2.96 bits per heavy atom. The lowest BCUT2D eigenvalue weighted by Crippen LogP contribution is -2.59. The van der Waals surface area contributed by atoms with Crippen molar-refractivity contribution >= 4 is 11.8 Å². The number of aromatic hydroxyl groups is 1. The highest BCUT2D eigenvalue weighted by Gasteiger charge is 2.49. The number of hydrogen-bond donors (Lipinski definition) is 4. The van der Waals surface area contributed by atoms with Crippen LogP contribution in [0.15, 0.2) is 24.3 Å². The topological polar surface area (TPSA) is 114 Å². The lowest BCUT2D eigenvalue weighted by molar-refractivity contribution is -0.138. The second-order valence-electron chi connectivity index (χ2n) is 6.52. The van der Waals surface area contributed by atoms with Crippen LogP contribution in [-0.4, -0.2) is 41.8 Å². The molecule has 7 heteroatoms. The minimum absolute atomic E-state index is 0.0375. The van der Waals surface area contributed by atoms with Crippen molar-refractivity contribution < 1.29 is 19.4 Å². The molecule has 130 valence electrons. The summed E-state index contributed by atoms with van der Waals surface area (Å²) in [6.07, 6.45) is 2.65. The fraction of sp³-hybridized carbons (Fsp3) is 0.529. The second kappa shape index (κ2) is 6.78. The monoisotopic (exact) mass is 333 g/mol. The van der Waals surface area contributed by atoms with E-state index in [1.54, 1.807) is 24.3 Å². The summed E-state index contributed by atoms with van der Waals surface area (Å²) in [4.78, 5) is 24.0. The third-order valence-electron chi connectivity index (χ3n) is 4.75. The highest BCUT2D eigenvalue weighted by Crippen LogP contribution is 2.35. The molecule has 3 rings (SSSR count). The van der Waals surface area contributed by atoms with E-state index >= 15 is 0 Å². The molecule has 2 fully saturated rings. The number of benzene rings is 1. The first kappa shape index (κ1) is 16.7. The molecule has 2 heterocycles. The number of fused-ring (bicyclic) bond motifs is 1. The van der Waals surface area contributed by atoms with Gasteiger partial charge in [0.2, 0.25) is 11.8 Å². The van der Waals surface area contributed by atoms with Gasteiger partial charge in [0, 0.05) is 18.9 Å². The zero-order valence-corrected chi connectivity index (χ0v) is 13.5. The van der Waals surface area contributed by atoms with Gasteiger partial charge in [-0.3, -0.25) is 9.59 Å². The predicted octanol–water partition coefficient (Wildman–Crippen LogP) is 0.0210. The first-order valence-electron chi connectivity index (χ1n) is 8.25. The summed E-state index contributed by atoms with van der Waals surface area (Å²) in [6.45, 7) is 0.803. The van der Waals surface area contributed by atoms with E-state index in [0.717, 1.165) is 18.4 Å². The van der Waals surface area contributed by atoms with E-state index in [1.165, 1.54) is 0 Å². The molecule has 24 heavy (non-hydrogen) atoms. The van der Waals surface area contributed by atoms with E-state index in [0.29, 0.717) is 19.4 Å². The molecule has 7 nitrogen and oxygen atoms in total. The zero-order valence-electron chi connectivity index (χ0n) is 13.5. The van der Waals surface area contributed by atoms with Crippen LogP contribution in [0.1, 0.15) is 24.8 Å². The number of rotatable bonds is 5. The quantitative estimate of drug-likeness (QED) is 0.607. The molecule has 2 saturated heterocycles. The van der Waals surface area contributed by atoms with Gasteiger partial charge in [-0.2, -0.15) is 0 Å². The molecule has 0 aromatic heterocycles. The largest absolute Gasteiger partial charge is 0.508 e. The van der Waals surface area contributed by atoms with E-state index < -0.39 is 11.8 Å². The Hall–Kier alpha value is -2.12. The average Bonchev–Trinajstić information content (AvgIpc) is 2.90. The summed E-state index contributed by atoms with van der Waals surface area (Å²) in [5.74, 6) is -0.0585. The van der Waals surface area contributed by atoms with E-state index in [1.807, 2.05) is 0 Å². The van der Waals surface area contributed by atoms with Crippen molar-refractivity contribution in [1.82, 2.24) is 10.6 Å². The van der Waals surface area contributed by atoms with Gasteiger partial charge < -0.3 is 26.2 Å². The van der Waals surface area contributed by atoms with Crippen LogP contribution < -0.4 is 16.4 Å². The maximum atomic E-state index is 12.3. The van der Waals surface area contributed by atoms with Crippen LogP contribution in [0.5, 0.6) is 5.75 Å². The minimum Gasteiger partial charge on any atom is -0.508 e. The number of nitrogens with one attached hydrogen (secondary N) is 2. The van der Waals surface area contributed by atoms with E-state index in [4.69, 9.17) is 10.5 Å². The molecule has 0 saturated carbocycles. The number of phenols is 1. The summed E-state index contributed by atoms with van der Waals surface area (Å²) < 4.78 is 5.81. The molecule has 0 spiro atoms. The van der Waals surface area contributed by atoms with Gasteiger partial charge in [0.25, 0.3) is 0 Å². The van der Waals surface area contributed by atoms with Gasteiger partial charge in [-0.1, -0.05) is 12.1 Å². The maximum Gasteiger partial charge on any atom is 0.237 e. The van der Waals surface area contributed by atoms with Crippen LogP contribution >= 0.6 is 0 Å². The first-order chi connectivity index (χ1) is 11.5. The van der Waals surface area contributed by atoms with Crippen LogP contribution in [0.25, 0.3) is 0 Å². The van der Waals surface area contributed by atoms with Crippen LogP contribution in [-0.2, 0) is 20.7 Å². The molecule has 0 radical (unpaired) electrons. The highest BCUT2D eigenvalue weighted by atomic mass is 16.5. The molecule has 2 aliphatic rings. The molecular formula is C17H23N3O4. The number of hydrogen-bond acceptors (Lipinski definition) is 5. The van der Waals surface area contributed by atoms with Gasteiger partial charge in [0.05, 0.1) is 12.6 Å². The third kappa shape index (κ3) is 3.52. The van der Waals surface area contributed by atoms with Gasteiger partial charge in [-0.25, -0.2) is 0 Å². The lowest BCUT2D eigenvalue weighted by atomic mass is 9.89. The van der Waals surface area contributed by atoms with Gasteiger partial charge in [0.15, 0.2) is 5.72 Å². The fourth-order valence-electron chi connectivity index (χ4n) is 3.42. The number of phenolic OH excluding ortho intramolecular Hbond substituents is 1. The van der Waals surface area contributed by atoms with Crippen LogP contribution in [0.4, 0.5) is 0 Å². The molecular weight excluding hydrogens is 310 g/mol. The molecule has 5 N–H and O–H groups in total. The van der Waals surface area contributed by atoms with Crippen molar-refractivity contribution in [2.75, 3.05) is 13.2 Å². The Bertz CT molecular complexity index is 619. The molecule has 1 aromatic carbocycles. The summed E-state index contributed by atoms with van der Waals surface area (Å²) in [5.41, 5.74) is 6.04. The highest BCUT2D eigenvalue weighted by molar-refractivity contribution is 5.83. The molecule has 2 amide bonds. The van der Waals surface area contributed by atoms with Crippen molar-refractivity contribution in [2.45, 2.75) is 37.5 Å². The minimum atomic E-state index is -0.788. The smallest absolute Gasteiger partial charge is 0.237 e. The van der Waals surface area contributed by atoms with Gasteiger partial charge in [-0.05, 0) is 37.0 Å². The predicted molar refractivity (Wildman–Crippen MR) is 87.0 cm³/mol. The van der Waals surface area contributed by atoms with Crippen molar-refractivity contribution in [3.8, 4) is 5.75 Å². The Morgan fingerprint density at radius 2 is 2.21 bits per heavy atom. The summed E-state index contributed by atoms with van der Waals surface area (Å²) in [5, 5.41) is 15.0. The standard InChI is InChI=1S/C17H23N3O4/c18-14(8-11-3-5-13(21)6-4-11)16(23)19-10-17-12(2-1-7-24-17)9-15(22)20-17/h3-6,12,14,21H,1-2,7-10,18H2,(H,19,23)(H,20,22). The molecule has 0 aliphatic carbocycles. The lowest BCUT2D eigenvalue weighted by Gasteiger charge is -2.38. The van der Waals surface area contributed by atoms with E-state index in [9.17, 15) is 14.7 Å². The Morgan fingerprint density at radius 1 is 1.46 bits per heavy atom. The first-order valence-corrected chi connectivity index (χ1v) is 8.25. The Balaban J connectivity index is 1.56. The number of carbonyl (C=O) groups is 2. The number of nitrogens with two attached hydrogens (primary N) is 1. The Kier molecular flexibility index (Phi) is 4.73. The van der Waals surface area contributed by atoms with Crippen molar-refractivity contribution in [3.05, 3.63) is 29.8 Å². The normalized spacial score (nSPS) is 27.2. The van der Waals surface area contributed by atoms with Crippen molar-refractivity contribution in [3.63, 3.8) is 0 Å². The van der Waals surface area contributed by atoms with Crippen molar-refractivity contribution in [1.29, 1.82) is 0 Å². The summed E-state index contributed by atoms with van der Waals surface area (Å²) >= 11 is 0. The van der Waals surface area contributed by atoms with Crippen molar-refractivity contribution in [2.24, 2.45) is 11.7 Å². The van der Waals surface area contributed by atoms with Crippen LogP contribution in [0.3, 0.4) is 0 Å². The average molecular weight is 333 g/mol. The van der Waals surface area contributed by atoms with E-state index in [-0.39, 0.29) is 30.0 Å². The second-order valence-corrected chi connectivity index (χ2v) is 6.52. The number of amides is 2. The van der Waals surface area contributed by atoms with E-state index in [2.05, 4.69) is 10.6 Å². The molecule has 1 aromatic rings.